The molecular weight excluding hydrogens is 229 g/mol. The minimum Gasteiger partial charge on any atom is -0.326 e. The highest BCUT2D eigenvalue weighted by Crippen LogP contribution is 2.26. The van der Waals surface area contributed by atoms with Crippen LogP contribution in [0.3, 0.4) is 0 Å². The van der Waals surface area contributed by atoms with Gasteiger partial charge in [-0.15, -0.1) is 0 Å². The van der Waals surface area contributed by atoms with Crippen molar-refractivity contribution in [1.29, 1.82) is 0 Å². The largest absolute Gasteiger partial charge is 0.326 e. The van der Waals surface area contributed by atoms with Crippen LogP contribution in [0.25, 0.3) is 11.1 Å². The Labute approximate surface area is 106 Å². The smallest absolute Gasteiger partial charge is 0.131 e. The first-order valence-corrected chi connectivity index (χ1v) is 6.18. The second kappa shape index (κ2) is 5.31. The van der Waals surface area contributed by atoms with Crippen molar-refractivity contribution in [2.45, 2.75) is 33.4 Å². The summed E-state index contributed by atoms with van der Waals surface area (Å²) in [4.78, 5) is 0. The highest BCUT2D eigenvalue weighted by Gasteiger charge is 2.12. The summed E-state index contributed by atoms with van der Waals surface area (Å²) in [7, 11) is 0. The van der Waals surface area contributed by atoms with Crippen molar-refractivity contribution < 1.29 is 4.39 Å². The van der Waals surface area contributed by atoms with Crippen LogP contribution in [0.15, 0.2) is 24.4 Å². The summed E-state index contributed by atoms with van der Waals surface area (Å²) in [5.41, 5.74) is 8.74. The van der Waals surface area contributed by atoms with Crippen molar-refractivity contribution in [3.05, 3.63) is 41.5 Å². The van der Waals surface area contributed by atoms with Crippen LogP contribution >= 0.6 is 0 Å². The molecule has 1 heterocycles. The molecule has 18 heavy (non-hydrogen) atoms. The summed E-state index contributed by atoms with van der Waals surface area (Å²) in [6, 6.07) is 5.12. The second-order valence-corrected chi connectivity index (χ2v) is 4.39. The summed E-state index contributed by atoms with van der Waals surface area (Å²) < 4.78 is 15.9. The molecule has 2 aromatic rings. The van der Waals surface area contributed by atoms with Crippen LogP contribution in [0.5, 0.6) is 0 Å². The predicted octanol–water partition coefficient (Wildman–Crippen LogP) is 2.87. The van der Waals surface area contributed by atoms with E-state index in [0.717, 1.165) is 29.8 Å². The van der Waals surface area contributed by atoms with Crippen molar-refractivity contribution >= 4 is 0 Å². The van der Waals surface area contributed by atoms with Crippen LogP contribution in [0.2, 0.25) is 0 Å². The molecule has 0 aliphatic heterocycles. The van der Waals surface area contributed by atoms with Crippen molar-refractivity contribution in [3.63, 3.8) is 0 Å². The molecule has 0 radical (unpaired) electrons. The van der Waals surface area contributed by atoms with Gasteiger partial charge in [-0.1, -0.05) is 19.1 Å². The van der Waals surface area contributed by atoms with E-state index in [9.17, 15) is 4.39 Å². The molecule has 0 spiro atoms. The molecule has 0 unspecified atom stereocenters. The van der Waals surface area contributed by atoms with Crippen LogP contribution in [0.1, 0.15) is 24.6 Å². The predicted molar refractivity (Wildman–Crippen MR) is 70.5 cm³/mol. The monoisotopic (exact) mass is 247 g/mol. The third-order valence-corrected chi connectivity index (χ3v) is 3.10. The molecule has 2 N–H and O–H groups in total. The zero-order chi connectivity index (χ0) is 13.1. The molecule has 0 aliphatic rings. The van der Waals surface area contributed by atoms with Gasteiger partial charge in [-0.25, -0.2) is 4.39 Å². The lowest BCUT2D eigenvalue weighted by atomic mass is 10.0. The number of rotatable bonds is 4. The Balaban J connectivity index is 2.42. The summed E-state index contributed by atoms with van der Waals surface area (Å²) in [6.45, 7) is 5.27. The van der Waals surface area contributed by atoms with E-state index in [-0.39, 0.29) is 5.82 Å². The van der Waals surface area contributed by atoms with Crippen molar-refractivity contribution in [2.75, 3.05) is 0 Å². The van der Waals surface area contributed by atoms with Crippen molar-refractivity contribution in [2.24, 2.45) is 5.73 Å². The molecule has 4 heteroatoms. The molecular formula is C14H18FN3. The molecule has 1 aromatic heterocycles. The maximum atomic E-state index is 14.0. The minimum absolute atomic E-state index is 0.239. The van der Waals surface area contributed by atoms with Crippen LogP contribution in [0, 0.1) is 12.7 Å². The number of aromatic nitrogens is 2. The van der Waals surface area contributed by atoms with Gasteiger partial charge in [-0.2, -0.15) is 5.10 Å². The number of nitrogens with zero attached hydrogens (tertiary/aromatic N) is 2. The molecule has 0 fully saturated rings. The average molecular weight is 247 g/mol. The molecule has 0 aliphatic carbocycles. The second-order valence-electron chi connectivity index (χ2n) is 4.39. The van der Waals surface area contributed by atoms with E-state index in [1.54, 1.807) is 12.3 Å². The third kappa shape index (κ3) is 2.29. The van der Waals surface area contributed by atoms with Gasteiger partial charge in [-0.3, -0.25) is 4.68 Å². The first-order chi connectivity index (χ1) is 8.67. The van der Waals surface area contributed by atoms with E-state index in [4.69, 9.17) is 5.73 Å². The van der Waals surface area contributed by atoms with Crippen LogP contribution < -0.4 is 5.73 Å². The highest BCUT2D eigenvalue weighted by molar-refractivity contribution is 5.66. The van der Waals surface area contributed by atoms with Gasteiger partial charge < -0.3 is 5.73 Å². The topological polar surface area (TPSA) is 43.8 Å². The molecule has 0 saturated heterocycles. The maximum absolute atomic E-state index is 14.0. The maximum Gasteiger partial charge on any atom is 0.131 e. The fourth-order valence-corrected chi connectivity index (χ4v) is 2.05. The van der Waals surface area contributed by atoms with Gasteiger partial charge in [-0.05, 0) is 25.0 Å². The summed E-state index contributed by atoms with van der Waals surface area (Å²) in [5.74, 6) is -0.239. The number of aryl methyl sites for hydroxylation is 1. The van der Waals surface area contributed by atoms with Crippen LogP contribution in [0.4, 0.5) is 4.39 Å². The van der Waals surface area contributed by atoms with E-state index in [1.165, 1.54) is 6.07 Å². The van der Waals surface area contributed by atoms with Crippen molar-refractivity contribution in [3.8, 4) is 11.1 Å². The quantitative estimate of drug-likeness (QED) is 0.902. The Hall–Kier alpha value is -1.68. The minimum atomic E-state index is -0.239. The molecule has 0 amide bonds. The Morgan fingerprint density at radius 1 is 1.33 bits per heavy atom. The van der Waals surface area contributed by atoms with Crippen LogP contribution in [-0.4, -0.2) is 9.78 Å². The van der Waals surface area contributed by atoms with Gasteiger partial charge in [0.2, 0.25) is 0 Å². The Kier molecular flexibility index (Phi) is 3.77. The standard InChI is InChI=1S/C14H18FN3/c1-3-6-18-10(2)13(9-17-18)12-5-4-11(8-16)7-14(12)15/h4-5,7,9H,3,6,8,16H2,1-2H3. The van der Waals surface area contributed by atoms with E-state index in [1.807, 2.05) is 17.7 Å². The zero-order valence-corrected chi connectivity index (χ0v) is 10.8. The molecule has 2 rings (SSSR count). The van der Waals surface area contributed by atoms with Gasteiger partial charge in [0.15, 0.2) is 0 Å². The number of benzene rings is 1. The summed E-state index contributed by atoms with van der Waals surface area (Å²) in [5, 5.41) is 4.29. The lowest BCUT2D eigenvalue weighted by Crippen LogP contribution is -2.01. The van der Waals surface area contributed by atoms with E-state index in [2.05, 4.69) is 12.0 Å². The summed E-state index contributed by atoms with van der Waals surface area (Å²) >= 11 is 0. The molecule has 0 saturated carbocycles. The van der Waals surface area contributed by atoms with Gasteiger partial charge in [0, 0.05) is 29.9 Å². The van der Waals surface area contributed by atoms with Crippen LogP contribution in [-0.2, 0) is 13.1 Å². The lowest BCUT2D eigenvalue weighted by molar-refractivity contribution is 0.587. The van der Waals surface area contributed by atoms with Gasteiger partial charge in [0.25, 0.3) is 0 Å². The average Bonchev–Trinajstić information content (AvgIpc) is 2.72. The molecule has 3 nitrogen and oxygen atoms in total. The van der Waals surface area contributed by atoms with Gasteiger partial charge in [0.05, 0.1) is 6.20 Å². The van der Waals surface area contributed by atoms with E-state index < -0.39 is 0 Å². The normalized spacial score (nSPS) is 10.9. The molecule has 96 valence electrons. The van der Waals surface area contributed by atoms with E-state index >= 15 is 0 Å². The number of nitrogens with two attached hydrogens (primary N) is 1. The SMILES string of the molecule is CCCn1ncc(-c2ccc(CN)cc2F)c1C. The lowest BCUT2D eigenvalue weighted by Gasteiger charge is -2.06. The Morgan fingerprint density at radius 3 is 2.72 bits per heavy atom. The highest BCUT2D eigenvalue weighted by atomic mass is 19.1. The molecule has 0 bridgehead atoms. The Morgan fingerprint density at radius 2 is 2.11 bits per heavy atom. The third-order valence-electron chi connectivity index (χ3n) is 3.10. The summed E-state index contributed by atoms with van der Waals surface area (Å²) in [6.07, 6.45) is 2.74. The van der Waals surface area contributed by atoms with Crippen molar-refractivity contribution in [1.82, 2.24) is 9.78 Å². The number of halogens is 1. The number of hydrogen-bond donors (Lipinski definition) is 1. The number of hydrogen-bond acceptors (Lipinski definition) is 2. The zero-order valence-electron chi connectivity index (χ0n) is 10.8. The van der Waals surface area contributed by atoms with E-state index in [0.29, 0.717) is 12.1 Å². The first kappa shape index (κ1) is 12.8. The van der Waals surface area contributed by atoms with Gasteiger partial charge >= 0.3 is 0 Å². The molecule has 1 aromatic carbocycles. The first-order valence-electron chi connectivity index (χ1n) is 6.18. The molecule has 0 atom stereocenters. The fourth-order valence-electron chi connectivity index (χ4n) is 2.05. The Bertz CT molecular complexity index is 546. The van der Waals surface area contributed by atoms with Gasteiger partial charge in [0.1, 0.15) is 5.82 Å². The fraction of sp³-hybridized carbons (Fsp3) is 0.357.